The van der Waals surface area contributed by atoms with Crippen LogP contribution in [-0.4, -0.2) is 33.7 Å². The molecule has 4 nitrogen and oxygen atoms in total. The van der Waals surface area contributed by atoms with Crippen LogP contribution in [0.1, 0.15) is 0 Å². The molecule has 1 aliphatic heterocycles. The second kappa shape index (κ2) is 5.30. The summed E-state index contributed by atoms with van der Waals surface area (Å²) in [5.41, 5.74) is 1.03. The Labute approximate surface area is 118 Å². The van der Waals surface area contributed by atoms with Gasteiger partial charge < -0.3 is 4.74 Å². The van der Waals surface area contributed by atoms with Crippen LogP contribution in [0.4, 0.5) is 4.39 Å². The molecule has 1 aromatic heterocycles. The van der Waals surface area contributed by atoms with E-state index in [1.807, 2.05) is 0 Å². The van der Waals surface area contributed by atoms with Gasteiger partial charge in [-0.15, -0.1) is 0 Å². The molecule has 0 N–H and O–H groups in total. The quantitative estimate of drug-likeness (QED) is 0.757. The summed E-state index contributed by atoms with van der Waals surface area (Å²) in [6, 6.07) is 8.50. The van der Waals surface area contributed by atoms with Gasteiger partial charge in [-0.3, -0.25) is 0 Å². The second-order valence-corrected chi connectivity index (χ2v) is 6.01. The number of rotatable bonds is 1. The molecular weight excluding hydrogens is 279 g/mol. The van der Waals surface area contributed by atoms with E-state index in [-0.39, 0.29) is 0 Å². The number of hydrogen-bond donors (Lipinski definition) is 0. The Morgan fingerprint density at radius 2 is 2.25 bits per heavy atom. The molecule has 104 valence electrons. The van der Waals surface area contributed by atoms with Crippen LogP contribution in [0.3, 0.4) is 0 Å². The molecule has 6 heteroatoms. The molecule has 2 aromatic rings. The van der Waals surface area contributed by atoms with E-state index in [9.17, 15) is 8.60 Å². The summed E-state index contributed by atoms with van der Waals surface area (Å²) >= 11 is 0. The minimum atomic E-state index is -1.30. The maximum Gasteiger partial charge on any atom is 0.220 e. The third-order valence-corrected chi connectivity index (χ3v) is 4.59. The molecule has 0 radical (unpaired) electrons. The summed E-state index contributed by atoms with van der Waals surface area (Å²) in [5, 5.41) is 0. The van der Waals surface area contributed by atoms with Gasteiger partial charge in [-0.1, -0.05) is 6.07 Å². The van der Waals surface area contributed by atoms with Crippen LogP contribution in [0.15, 0.2) is 41.4 Å². The molecule has 0 bridgehead atoms. The van der Waals surface area contributed by atoms with E-state index in [0.29, 0.717) is 34.9 Å². The van der Waals surface area contributed by atoms with E-state index < -0.39 is 16.9 Å². The fourth-order valence-corrected chi connectivity index (χ4v) is 3.17. The van der Waals surface area contributed by atoms with Gasteiger partial charge in [-0.25, -0.2) is 13.5 Å². The number of pyridine rings is 1. The largest absolute Gasteiger partial charge is 0.491 e. The number of nitrogens with zero attached hydrogens (tertiary/aromatic N) is 2. The molecule has 1 unspecified atom stereocenters. The number of ether oxygens (including phenoxy) is 1. The highest BCUT2D eigenvalue weighted by Gasteiger charge is 2.21. The molecule has 0 spiro atoms. The smallest absolute Gasteiger partial charge is 0.220 e. The van der Waals surface area contributed by atoms with Gasteiger partial charge in [0, 0.05) is 25.4 Å². The van der Waals surface area contributed by atoms with Crippen LogP contribution in [0.5, 0.6) is 5.75 Å². The molecule has 0 aliphatic carbocycles. The van der Waals surface area contributed by atoms with Crippen LogP contribution in [-0.2, 0) is 11.0 Å². The molecule has 1 atom stereocenters. The lowest BCUT2D eigenvalue weighted by Gasteiger charge is -2.12. The van der Waals surface area contributed by atoms with Crippen molar-refractivity contribution < 1.29 is 13.3 Å². The Hall–Kier alpha value is -1.79. The fourth-order valence-electron chi connectivity index (χ4n) is 2.07. The minimum Gasteiger partial charge on any atom is -0.491 e. The molecule has 0 saturated heterocycles. The van der Waals surface area contributed by atoms with E-state index in [0.717, 1.165) is 0 Å². The molecule has 2 heterocycles. The van der Waals surface area contributed by atoms with Crippen molar-refractivity contribution in [3.05, 3.63) is 42.5 Å². The number of likely N-dealkylation sites (N-methyl/N-ethyl adjacent to an activating group) is 1. The summed E-state index contributed by atoms with van der Waals surface area (Å²) in [6.07, 6.45) is 1.40. The first-order chi connectivity index (χ1) is 9.66. The van der Waals surface area contributed by atoms with E-state index in [1.54, 1.807) is 41.7 Å². The SMILES string of the molecule is CN1CCOc2ccc(-c3cccnc3F)cc2S1=O. The Bertz CT molecular complexity index is 678. The zero-order chi connectivity index (χ0) is 14.1. The van der Waals surface area contributed by atoms with Crippen molar-refractivity contribution in [3.8, 4) is 16.9 Å². The number of hydrogen-bond acceptors (Lipinski definition) is 3. The van der Waals surface area contributed by atoms with Crippen molar-refractivity contribution in [2.45, 2.75) is 4.90 Å². The first-order valence-corrected chi connectivity index (χ1v) is 7.28. The van der Waals surface area contributed by atoms with Gasteiger partial charge >= 0.3 is 0 Å². The number of benzene rings is 1. The number of aromatic nitrogens is 1. The summed E-state index contributed by atoms with van der Waals surface area (Å²) < 4.78 is 33.4. The predicted molar refractivity (Wildman–Crippen MR) is 74.2 cm³/mol. The van der Waals surface area contributed by atoms with Gasteiger partial charge in [-0.05, 0) is 29.8 Å². The second-order valence-electron chi connectivity index (χ2n) is 4.45. The first kappa shape index (κ1) is 13.2. The van der Waals surface area contributed by atoms with Crippen molar-refractivity contribution in [2.75, 3.05) is 20.2 Å². The maximum atomic E-state index is 13.7. The highest BCUT2D eigenvalue weighted by atomic mass is 32.2. The third kappa shape index (κ3) is 2.32. The van der Waals surface area contributed by atoms with Gasteiger partial charge in [0.25, 0.3) is 0 Å². The Kier molecular flexibility index (Phi) is 3.50. The Morgan fingerprint density at radius 3 is 3.05 bits per heavy atom. The molecule has 1 aliphatic rings. The van der Waals surface area contributed by atoms with Crippen molar-refractivity contribution in [1.29, 1.82) is 0 Å². The van der Waals surface area contributed by atoms with E-state index in [2.05, 4.69) is 4.98 Å². The van der Waals surface area contributed by atoms with E-state index in [1.165, 1.54) is 6.20 Å². The van der Waals surface area contributed by atoms with Crippen LogP contribution >= 0.6 is 0 Å². The van der Waals surface area contributed by atoms with Crippen molar-refractivity contribution in [2.24, 2.45) is 0 Å². The normalized spacial score (nSPS) is 19.0. The molecule has 0 amide bonds. The predicted octanol–water partition coefficient (Wildman–Crippen LogP) is 2.23. The minimum absolute atomic E-state index is 0.388. The highest BCUT2D eigenvalue weighted by molar-refractivity contribution is 7.82. The molecule has 3 rings (SSSR count). The van der Waals surface area contributed by atoms with E-state index in [4.69, 9.17) is 4.74 Å². The van der Waals surface area contributed by atoms with E-state index >= 15 is 0 Å². The average Bonchev–Trinajstić information content (AvgIpc) is 2.60. The lowest BCUT2D eigenvalue weighted by atomic mass is 10.1. The van der Waals surface area contributed by atoms with Gasteiger partial charge in [-0.2, -0.15) is 4.39 Å². The summed E-state index contributed by atoms with van der Waals surface area (Å²) in [6.45, 7) is 1.06. The lowest BCUT2D eigenvalue weighted by molar-refractivity contribution is 0.295. The topological polar surface area (TPSA) is 42.4 Å². The van der Waals surface area contributed by atoms with Gasteiger partial charge in [0.1, 0.15) is 23.3 Å². The molecular formula is C14H13FN2O2S. The number of halogens is 1. The average molecular weight is 292 g/mol. The van der Waals surface area contributed by atoms with Crippen LogP contribution in [0.2, 0.25) is 0 Å². The van der Waals surface area contributed by atoms with Crippen molar-refractivity contribution >= 4 is 11.0 Å². The highest BCUT2D eigenvalue weighted by Crippen LogP contribution is 2.31. The van der Waals surface area contributed by atoms with Crippen molar-refractivity contribution in [1.82, 2.24) is 9.29 Å². The third-order valence-electron chi connectivity index (χ3n) is 3.15. The Balaban J connectivity index is 2.11. The molecule has 20 heavy (non-hydrogen) atoms. The summed E-state index contributed by atoms with van der Waals surface area (Å²) in [4.78, 5) is 4.20. The maximum absolute atomic E-state index is 13.7. The first-order valence-electron chi connectivity index (χ1n) is 6.17. The zero-order valence-electron chi connectivity index (χ0n) is 10.9. The molecule has 0 saturated carbocycles. The Morgan fingerprint density at radius 1 is 1.40 bits per heavy atom. The summed E-state index contributed by atoms with van der Waals surface area (Å²) in [7, 11) is 0.467. The molecule has 1 aromatic carbocycles. The zero-order valence-corrected chi connectivity index (χ0v) is 11.7. The monoisotopic (exact) mass is 292 g/mol. The van der Waals surface area contributed by atoms with Crippen LogP contribution in [0, 0.1) is 5.95 Å². The fraction of sp³-hybridized carbons (Fsp3) is 0.214. The van der Waals surface area contributed by atoms with Gasteiger partial charge in [0.15, 0.2) is 0 Å². The van der Waals surface area contributed by atoms with Crippen LogP contribution < -0.4 is 4.74 Å². The number of fused-ring (bicyclic) bond motifs is 1. The van der Waals surface area contributed by atoms with Crippen LogP contribution in [0.25, 0.3) is 11.1 Å². The molecule has 0 fully saturated rings. The summed E-state index contributed by atoms with van der Waals surface area (Å²) in [5.74, 6) is 0.0434. The van der Waals surface area contributed by atoms with Crippen molar-refractivity contribution in [3.63, 3.8) is 0 Å². The van der Waals surface area contributed by atoms with Gasteiger partial charge in [0.2, 0.25) is 5.95 Å². The van der Waals surface area contributed by atoms with Gasteiger partial charge in [0.05, 0.1) is 4.90 Å². The lowest BCUT2D eigenvalue weighted by Crippen LogP contribution is -2.23. The standard InChI is InChI=1S/C14H13FN2O2S/c1-17-7-8-19-12-5-4-10(9-13(12)20(17)18)11-3-2-6-16-14(11)15/h2-6,9H,7-8H2,1H3.